The molecule has 0 aliphatic heterocycles. The van der Waals surface area contributed by atoms with Crippen molar-refractivity contribution < 1.29 is 14.3 Å². The molecule has 0 saturated heterocycles. The Morgan fingerprint density at radius 2 is 1.77 bits per heavy atom. The smallest absolute Gasteiger partial charge is 0.242 e. The minimum Gasteiger partial charge on any atom is -0.497 e. The molecule has 0 aliphatic rings. The van der Waals surface area contributed by atoms with Gasteiger partial charge in [0.05, 0.1) is 12.9 Å². The second kappa shape index (κ2) is 12.8. The van der Waals surface area contributed by atoms with Gasteiger partial charge in [-0.3, -0.25) is 9.59 Å². The number of thioether (sulfide) groups is 1. The average molecular weight is 483 g/mol. The van der Waals surface area contributed by atoms with E-state index in [1.807, 2.05) is 31.2 Å². The first-order valence-electron chi connectivity index (χ1n) is 10.1. The highest BCUT2D eigenvalue weighted by atomic mass is 35.5. The maximum atomic E-state index is 13.1. The van der Waals surface area contributed by atoms with Crippen molar-refractivity contribution in [3.63, 3.8) is 0 Å². The molecule has 168 valence electrons. The normalized spacial score (nSPS) is 11.6. The second-order valence-corrected chi connectivity index (χ2v) is 8.83. The number of nitrogens with zero attached hydrogens (tertiary/aromatic N) is 1. The van der Waals surface area contributed by atoms with Crippen molar-refractivity contribution in [2.45, 2.75) is 38.6 Å². The lowest BCUT2D eigenvalue weighted by Gasteiger charge is -2.29. The fourth-order valence-electron chi connectivity index (χ4n) is 2.89. The van der Waals surface area contributed by atoms with Gasteiger partial charge in [-0.05, 0) is 43.2 Å². The summed E-state index contributed by atoms with van der Waals surface area (Å²) in [7, 11) is 1.63. The number of amides is 2. The molecule has 0 saturated carbocycles. The Hall–Kier alpha value is -1.89. The van der Waals surface area contributed by atoms with Crippen LogP contribution in [0.5, 0.6) is 5.75 Å². The van der Waals surface area contributed by atoms with Crippen LogP contribution in [0.2, 0.25) is 10.0 Å². The number of rotatable bonds is 11. The molecule has 2 rings (SSSR count). The van der Waals surface area contributed by atoms with Gasteiger partial charge >= 0.3 is 0 Å². The van der Waals surface area contributed by atoms with Crippen LogP contribution in [0.4, 0.5) is 0 Å². The van der Waals surface area contributed by atoms with Crippen LogP contribution < -0.4 is 10.1 Å². The van der Waals surface area contributed by atoms with Crippen molar-refractivity contribution >= 4 is 46.8 Å². The molecule has 31 heavy (non-hydrogen) atoms. The molecule has 2 amide bonds. The van der Waals surface area contributed by atoms with Crippen molar-refractivity contribution in [2.24, 2.45) is 0 Å². The van der Waals surface area contributed by atoms with E-state index in [2.05, 4.69) is 5.32 Å². The molecular formula is C23H28Cl2N2O3S. The number of methoxy groups -OCH3 is 1. The number of nitrogens with one attached hydrogen (secondary N) is 1. The number of ether oxygens (including phenoxy) is 1. The van der Waals surface area contributed by atoms with E-state index in [0.717, 1.165) is 17.7 Å². The van der Waals surface area contributed by atoms with Crippen LogP contribution in [0.1, 0.15) is 31.4 Å². The van der Waals surface area contributed by atoms with E-state index in [0.29, 0.717) is 27.9 Å². The highest BCUT2D eigenvalue weighted by Gasteiger charge is 2.27. The summed E-state index contributed by atoms with van der Waals surface area (Å²) < 4.78 is 5.17. The van der Waals surface area contributed by atoms with Gasteiger partial charge in [-0.2, -0.15) is 0 Å². The highest BCUT2D eigenvalue weighted by molar-refractivity contribution is 7.99. The summed E-state index contributed by atoms with van der Waals surface area (Å²) >= 11 is 14.1. The first-order chi connectivity index (χ1) is 14.9. The van der Waals surface area contributed by atoms with Gasteiger partial charge in [0.15, 0.2) is 0 Å². The monoisotopic (exact) mass is 482 g/mol. The lowest BCUT2D eigenvalue weighted by atomic mass is 10.1. The zero-order valence-electron chi connectivity index (χ0n) is 18.0. The van der Waals surface area contributed by atoms with E-state index in [-0.39, 0.29) is 24.1 Å². The summed E-state index contributed by atoms with van der Waals surface area (Å²) in [6.45, 7) is 4.43. The molecule has 0 aromatic heterocycles. The van der Waals surface area contributed by atoms with Crippen molar-refractivity contribution in [3.8, 4) is 5.75 Å². The number of halogens is 2. The molecule has 5 nitrogen and oxygen atoms in total. The van der Waals surface area contributed by atoms with Gasteiger partial charge in [0.25, 0.3) is 0 Å². The van der Waals surface area contributed by atoms with Gasteiger partial charge in [0.2, 0.25) is 11.8 Å². The zero-order chi connectivity index (χ0) is 22.8. The average Bonchev–Trinajstić information content (AvgIpc) is 2.77. The first kappa shape index (κ1) is 25.4. The number of hydrogen-bond acceptors (Lipinski definition) is 4. The van der Waals surface area contributed by atoms with Gasteiger partial charge in [-0.25, -0.2) is 0 Å². The molecule has 0 radical (unpaired) electrons. The lowest BCUT2D eigenvalue weighted by molar-refractivity contribution is -0.138. The molecule has 0 heterocycles. The summed E-state index contributed by atoms with van der Waals surface area (Å²) in [5.41, 5.74) is 1.72. The highest BCUT2D eigenvalue weighted by Crippen LogP contribution is 2.27. The zero-order valence-corrected chi connectivity index (χ0v) is 20.3. The third kappa shape index (κ3) is 7.63. The molecule has 2 aromatic rings. The van der Waals surface area contributed by atoms with Gasteiger partial charge in [0.1, 0.15) is 11.8 Å². The van der Waals surface area contributed by atoms with Crippen molar-refractivity contribution in [1.29, 1.82) is 0 Å². The molecule has 0 fully saturated rings. The third-order valence-corrected chi connectivity index (χ3v) is 6.46. The van der Waals surface area contributed by atoms with Crippen LogP contribution in [-0.4, -0.2) is 42.2 Å². The lowest BCUT2D eigenvalue weighted by Crippen LogP contribution is -2.48. The Morgan fingerprint density at radius 3 is 2.35 bits per heavy atom. The predicted molar refractivity (Wildman–Crippen MR) is 129 cm³/mol. The van der Waals surface area contributed by atoms with E-state index in [1.54, 1.807) is 37.1 Å². The molecule has 0 spiro atoms. The van der Waals surface area contributed by atoms with E-state index >= 15 is 0 Å². The Bertz CT molecular complexity index is 857. The van der Waals surface area contributed by atoms with Crippen LogP contribution in [0.15, 0.2) is 42.5 Å². The summed E-state index contributed by atoms with van der Waals surface area (Å²) in [5.74, 6) is 1.36. The van der Waals surface area contributed by atoms with Crippen LogP contribution >= 0.6 is 35.0 Å². The maximum absolute atomic E-state index is 13.1. The molecule has 8 heteroatoms. The SMILES string of the molecule is CCCNC(=O)C(C)N(Cc1c(Cl)cccc1Cl)C(=O)CSCc1ccc(OC)cc1. The Kier molecular flexibility index (Phi) is 10.5. The number of benzene rings is 2. The standard InChI is InChI=1S/C23H28Cl2N2O3S/c1-4-12-26-23(29)16(2)27(13-19-20(24)6-5-7-21(19)25)22(28)15-31-14-17-8-10-18(30-3)11-9-17/h5-11,16H,4,12-15H2,1-3H3,(H,26,29). The van der Waals surface area contributed by atoms with Crippen LogP contribution in [-0.2, 0) is 21.9 Å². The van der Waals surface area contributed by atoms with E-state index in [4.69, 9.17) is 27.9 Å². The fraction of sp³-hybridized carbons (Fsp3) is 0.391. The quantitative estimate of drug-likeness (QED) is 0.479. The number of hydrogen-bond donors (Lipinski definition) is 1. The molecule has 1 N–H and O–H groups in total. The van der Waals surface area contributed by atoms with Crippen molar-refractivity contribution in [3.05, 3.63) is 63.6 Å². The molecule has 0 bridgehead atoms. The van der Waals surface area contributed by atoms with Crippen molar-refractivity contribution in [1.82, 2.24) is 10.2 Å². The summed E-state index contributed by atoms with van der Waals surface area (Å²) in [4.78, 5) is 27.2. The minimum absolute atomic E-state index is 0.145. The van der Waals surface area contributed by atoms with Gasteiger partial charge in [0, 0.05) is 34.5 Å². The predicted octanol–water partition coefficient (Wildman–Crippen LogP) is 5.18. The van der Waals surface area contributed by atoms with Gasteiger partial charge < -0.3 is 15.0 Å². The van der Waals surface area contributed by atoms with E-state index in [9.17, 15) is 9.59 Å². The van der Waals surface area contributed by atoms with Gasteiger partial charge in [-0.1, -0.05) is 48.3 Å². The fourth-order valence-corrected chi connectivity index (χ4v) is 4.28. The Balaban J connectivity index is 2.10. The van der Waals surface area contributed by atoms with Crippen LogP contribution in [0.25, 0.3) is 0 Å². The van der Waals surface area contributed by atoms with E-state index in [1.165, 1.54) is 11.8 Å². The second-order valence-electron chi connectivity index (χ2n) is 7.03. The van der Waals surface area contributed by atoms with Crippen molar-refractivity contribution in [2.75, 3.05) is 19.4 Å². The number of carbonyl (C=O) groups is 2. The van der Waals surface area contributed by atoms with Gasteiger partial charge in [-0.15, -0.1) is 11.8 Å². The minimum atomic E-state index is -0.645. The Morgan fingerprint density at radius 1 is 1.13 bits per heavy atom. The number of carbonyl (C=O) groups excluding carboxylic acids is 2. The van der Waals surface area contributed by atoms with Crippen LogP contribution in [0, 0.1) is 0 Å². The van der Waals surface area contributed by atoms with Crippen LogP contribution in [0.3, 0.4) is 0 Å². The summed E-state index contributed by atoms with van der Waals surface area (Å²) in [6, 6.07) is 12.3. The third-order valence-electron chi connectivity index (χ3n) is 4.76. The van der Waals surface area contributed by atoms with E-state index < -0.39 is 6.04 Å². The molecule has 2 aromatic carbocycles. The molecule has 0 aliphatic carbocycles. The molecule has 1 atom stereocenters. The summed E-state index contributed by atoms with van der Waals surface area (Å²) in [6.07, 6.45) is 0.820. The largest absolute Gasteiger partial charge is 0.497 e. The summed E-state index contributed by atoms with van der Waals surface area (Å²) in [5, 5.41) is 3.80. The molecule has 1 unspecified atom stereocenters. The topological polar surface area (TPSA) is 58.6 Å². The maximum Gasteiger partial charge on any atom is 0.242 e. The Labute approximate surface area is 198 Å². The first-order valence-corrected chi connectivity index (χ1v) is 12.0. The molecular weight excluding hydrogens is 455 g/mol.